The van der Waals surface area contributed by atoms with E-state index in [4.69, 9.17) is 28.6 Å². The number of amides is 1. The number of halogens is 2. The SMILES string of the molecule is COc1cc(/C=C2\NC(=S)N(c3ccc(Cl)cc3C)C2=O)cc(Br)c1O. The molecule has 0 radical (unpaired) electrons. The summed E-state index contributed by atoms with van der Waals surface area (Å²) in [5.41, 5.74) is 2.50. The van der Waals surface area contributed by atoms with E-state index in [1.165, 1.54) is 12.0 Å². The number of thiocarbonyl (C=S) groups is 1. The zero-order chi connectivity index (χ0) is 19.0. The number of aryl methyl sites for hydroxylation is 1. The maximum atomic E-state index is 12.8. The number of ether oxygens (including phenoxy) is 1. The molecule has 1 amide bonds. The van der Waals surface area contributed by atoms with Crippen LogP contribution in [0.3, 0.4) is 0 Å². The predicted molar refractivity (Wildman–Crippen MR) is 110 cm³/mol. The fourth-order valence-corrected chi connectivity index (χ4v) is 3.60. The lowest BCUT2D eigenvalue weighted by Crippen LogP contribution is -2.30. The van der Waals surface area contributed by atoms with Crippen molar-refractivity contribution in [3.05, 3.63) is 56.7 Å². The van der Waals surface area contributed by atoms with Crippen LogP contribution in [0, 0.1) is 6.92 Å². The summed E-state index contributed by atoms with van der Waals surface area (Å²) in [6.07, 6.45) is 1.65. The van der Waals surface area contributed by atoms with Crippen LogP contribution < -0.4 is 15.0 Å². The van der Waals surface area contributed by atoms with Crippen molar-refractivity contribution in [3.8, 4) is 11.5 Å². The number of phenolic OH excluding ortho intramolecular Hbond substituents is 1. The third kappa shape index (κ3) is 3.42. The molecule has 3 rings (SSSR count). The molecule has 0 aromatic heterocycles. The van der Waals surface area contributed by atoms with Crippen molar-refractivity contribution >= 4 is 62.5 Å². The number of anilines is 1. The molecule has 1 aliphatic rings. The van der Waals surface area contributed by atoms with Gasteiger partial charge in [0.05, 0.1) is 17.3 Å². The number of carbonyl (C=O) groups is 1. The smallest absolute Gasteiger partial charge is 0.281 e. The minimum atomic E-state index is -0.274. The van der Waals surface area contributed by atoms with E-state index in [0.29, 0.717) is 32.2 Å². The first-order valence-corrected chi connectivity index (χ1v) is 9.09. The fourth-order valence-electron chi connectivity index (χ4n) is 2.62. The van der Waals surface area contributed by atoms with Gasteiger partial charge in [0.25, 0.3) is 5.91 Å². The molecule has 1 aliphatic heterocycles. The highest BCUT2D eigenvalue weighted by Gasteiger charge is 2.32. The van der Waals surface area contributed by atoms with E-state index in [9.17, 15) is 9.90 Å². The van der Waals surface area contributed by atoms with Gasteiger partial charge in [-0.05, 0) is 82.6 Å². The van der Waals surface area contributed by atoms with Gasteiger partial charge in [-0.3, -0.25) is 9.69 Å². The number of nitrogens with one attached hydrogen (secondary N) is 1. The van der Waals surface area contributed by atoms with Crippen molar-refractivity contribution in [2.75, 3.05) is 12.0 Å². The summed E-state index contributed by atoms with van der Waals surface area (Å²) in [5, 5.41) is 13.7. The van der Waals surface area contributed by atoms with Crippen LogP contribution in [0.15, 0.2) is 40.5 Å². The number of nitrogens with zero attached hydrogens (tertiary/aromatic N) is 1. The molecule has 0 bridgehead atoms. The molecule has 8 heteroatoms. The lowest BCUT2D eigenvalue weighted by molar-refractivity contribution is -0.113. The normalized spacial score (nSPS) is 15.5. The summed E-state index contributed by atoms with van der Waals surface area (Å²) >= 11 is 14.6. The molecule has 2 aromatic carbocycles. The first-order chi connectivity index (χ1) is 12.3. The van der Waals surface area contributed by atoms with E-state index in [0.717, 1.165) is 5.56 Å². The van der Waals surface area contributed by atoms with E-state index in [1.807, 2.05) is 6.92 Å². The van der Waals surface area contributed by atoms with Gasteiger partial charge in [0.15, 0.2) is 16.6 Å². The Bertz CT molecular complexity index is 962. The first kappa shape index (κ1) is 18.7. The second-order valence-electron chi connectivity index (χ2n) is 5.61. The summed E-state index contributed by atoms with van der Waals surface area (Å²) in [5.74, 6) is 0.0162. The van der Waals surface area contributed by atoms with Crippen molar-refractivity contribution in [1.82, 2.24) is 5.32 Å². The molecule has 0 spiro atoms. The Hall–Kier alpha value is -2.09. The van der Waals surface area contributed by atoms with Crippen molar-refractivity contribution in [1.29, 1.82) is 0 Å². The second kappa shape index (κ2) is 7.26. The van der Waals surface area contributed by atoms with E-state index in [1.54, 1.807) is 36.4 Å². The lowest BCUT2D eigenvalue weighted by Gasteiger charge is -2.16. The number of benzene rings is 2. The number of hydrogen-bond acceptors (Lipinski definition) is 4. The maximum Gasteiger partial charge on any atom is 0.281 e. The second-order valence-corrected chi connectivity index (χ2v) is 7.29. The van der Waals surface area contributed by atoms with Crippen LogP contribution in [-0.2, 0) is 4.79 Å². The molecule has 0 atom stereocenters. The highest BCUT2D eigenvalue weighted by atomic mass is 79.9. The highest BCUT2D eigenvalue weighted by Crippen LogP contribution is 2.36. The third-order valence-corrected chi connectivity index (χ3v) is 4.98. The van der Waals surface area contributed by atoms with Crippen LogP contribution in [0.25, 0.3) is 6.08 Å². The Morgan fingerprint density at radius 3 is 2.73 bits per heavy atom. The average Bonchev–Trinajstić information content (AvgIpc) is 2.85. The van der Waals surface area contributed by atoms with Gasteiger partial charge in [0.2, 0.25) is 0 Å². The zero-order valence-electron chi connectivity index (χ0n) is 13.8. The topological polar surface area (TPSA) is 61.8 Å². The maximum absolute atomic E-state index is 12.8. The molecule has 1 saturated heterocycles. The van der Waals surface area contributed by atoms with Gasteiger partial charge in [0.1, 0.15) is 5.70 Å². The summed E-state index contributed by atoms with van der Waals surface area (Å²) < 4.78 is 5.59. The largest absolute Gasteiger partial charge is 0.503 e. The Kier molecular flexibility index (Phi) is 5.22. The van der Waals surface area contributed by atoms with Gasteiger partial charge in [-0.25, -0.2) is 0 Å². The molecule has 26 heavy (non-hydrogen) atoms. The predicted octanol–water partition coefficient (Wildman–Crippen LogP) is 4.39. The number of rotatable bonds is 3. The molecular formula is C18H14BrClN2O3S. The molecule has 0 unspecified atom stereocenters. The zero-order valence-corrected chi connectivity index (χ0v) is 17.0. The summed E-state index contributed by atoms with van der Waals surface area (Å²) in [4.78, 5) is 14.3. The van der Waals surface area contributed by atoms with E-state index >= 15 is 0 Å². The van der Waals surface area contributed by atoms with Crippen molar-refractivity contribution in [2.45, 2.75) is 6.92 Å². The molecule has 1 heterocycles. The number of phenols is 1. The third-order valence-electron chi connectivity index (χ3n) is 3.86. The fraction of sp³-hybridized carbons (Fsp3) is 0.111. The minimum Gasteiger partial charge on any atom is -0.503 e. The Morgan fingerprint density at radius 1 is 1.35 bits per heavy atom. The van der Waals surface area contributed by atoms with Gasteiger partial charge in [-0.2, -0.15) is 0 Å². The van der Waals surface area contributed by atoms with Gasteiger partial charge < -0.3 is 15.2 Å². The van der Waals surface area contributed by atoms with Crippen molar-refractivity contribution in [3.63, 3.8) is 0 Å². The Balaban J connectivity index is 1.99. The Morgan fingerprint density at radius 2 is 2.08 bits per heavy atom. The van der Waals surface area contributed by atoms with Crippen molar-refractivity contribution in [2.24, 2.45) is 0 Å². The van der Waals surface area contributed by atoms with E-state index < -0.39 is 0 Å². The quantitative estimate of drug-likeness (QED) is 0.533. The minimum absolute atomic E-state index is 0.00528. The molecule has 2 N–H and O–H groups in total. The highest BCUT2D eigenvalue weighted by molar-refractivity contribution is 9.10. The Labute approximate surface area is 169 Å². The monoisotopic (exact) mass is 452 g/mol. The standard InChI is InChI=1S/C18H14BrClN2O3S/c1-9-5-11(20)3-4-14(9)22-17(24)13(21-18(22)26)7-10-6-12(19)16(23)15(8-10)25-2/h3-8,23H,1-2H3,(H,21,26)/b13-7-. The van der Waals surface area contributed by atoms with Gasteiger partial charge in [0, 0.05) is 5.02 Å². The first-order valence-electron chi connectivity index (χ1n) is 7.51. The van der Waals surface area contributed by atoms with Crippen LogP contribution >= 0.6 is 39.7 Å². The summed E-state index contributed by atoms with van der Waals surface area (Å²) in [6, 6.07) is 8.55. The summed E-state index contributed by atoms with van der Waals surface area (Å²) in [7, 11) is 1.46. The van der Waals surface area contributed by atoms with Crippen LogP contribution in [0.5, 0.6) is 11.5 Å². The van der Waals surface area contributed by atoms with Crippen LogP contribution in [-0.4, -0.2) is 23.2 Å². The number of aromatic hydroxyl groups is 1. The van der Waals surface area contributed by atoms with E-state index in [-0.39, 0.29) is 16.8 Å². The van der Waals surface area contributed by atoms with Gasteiger partial charge in [-0.1, -0.05) is 11.6 Å². The molecule has 134 valence electrons. The van der Waals surface area contributed by atoms with Crippen LogP contribution in [0.1, 0.15) is 11.1 Å². The number of carbonyl (C=O) groups excluding carboxylic acids is 1. The number of methoxy groups -OCH3 is 1. The van der Waals surface area contributed by atoms with Crippen molar-refractivity contribution < 1.29 is 14.6 Å². The summed E-state index contributed by atoms with van der Waals surface area (Å²) in [6.45, 7) is 1.86. The van der Waals surface area contributed by atoms with Gasteiger partial charge >= 0.3 is 0 Å². The molecule has 1 fully saturated rings. The van der Waals surface area contributed by atoms with Crippen LogP contribution in [0.4, 0.5) is 5.69 Å². The lowest BCUT2D eigenvalue weighted by atomic mass is 10.1. The molecule has 0 aliphatic carbocycles. The molecule has 5 nitrogen and oxygen atoms in total. The molecular weight excluding hydrogens is 440 g/mol. The van der Waals surface area contributed by atoms with E-state index in [2.05, 4.69) is 21.2 Å². The van der Waals surface area contributed by atoms with Gasteiger partial charge in [-0.15, -0.1) is 0 Å². The molecule has 0 saturated carbocycles. The molecule has 2 aromatic rings. The average molecular weight is 454 g/mol. The van der Waals surface area contributed by atoms with Crippen LogP contribution in [0.2, 0.25) is 5.02 Å². The number of hydrogen-bond donors (Lipinski definition) is 2.